The second-order valence-electron chi connectivity index (χ2n) is 4.78. The van der Waals surface area contributed by atoms with E-state index in [-0.39, 0.29) is 11.5 Å². The lowest BCUT2D eigenvalue weighted by Crippen LogP contribution is -2.02. The van der Waals surface area contributed by atoms with E-state index in [9.17, 15) is 13.6 Å². The fourth-order valence-corrected chi connectivity index (χ4v) is 1.93. The van der Waals surface area contributed by atoms with Crippen molar-refractivity contribution in [3.63, 3.8) is 0 Å². The molecule has 0 spiro atoms. The zero-order valence-corrected chi connectivity index (χ0v) is 10.3. The van der Waals surface area contributed by atoms with Crippen molar-refractivity contribution in [2.75, 3.05) is 0 Å². The Kier molecular flexibility index (Phi) is 2.96. The monoisotopic (exact) mass is 280 g/mol. The van der Waals surface area contributed by atoms with E-state index in [2.05, 4.69) is 10.1 Å². The van der Waals surface area contributed by atoms with E-state index in [1.165, 1.54) is 0 Å². The summed E-state index contributed by atoms with van der Waals surface area (Å²) < 4.78 is 31.3. The Morgan fingerprint density at radius 3 is 2.70 bits per heavy atom. The molecule has 0 unspecified atom stereocenters. The van der Waals surface area contributed by atoms with Crippen molar-refractivity contribution in [2.45, 2.75) is 19.3 Å². The van der Waals surface area contributed by atoms with E-state index in [1.54, 1.807) is 0 Å². The Balaban J connectivity index is 2.01. The normalized spacial score (nSPS) is 14.5. The molecule has 0 aliphatic heterocycles. The molecule has 2 aromatic rings. The minimum Gasteiger partial charge on any atom is -0.478 e. The zero-order valence-electron chi connectivity index (χ0n) is 10.3. The fraction of sp³-hybridized carbons (Fsp3) is 0.308. The van der Waals surface area contributed by atoms with E-state index >= 15 is 0 Å². The average molecular weight is 280 g/mol. The highest BCUT2D eigenvalue weighted by Crippen LogP contribution is 2.32. The van der Waals surface area contributed by atoms with Gasteiger partial charge >= 0.3 is 5.97 Å². The van der Waals surface area contributed by atoms with Gasteiger partial charge in [-0.1, -0.05) is 5.16 Å². The third-order valence-electron chi connectivity index (χ3n) is 3.16. The Bertz CT molecular complexity index is 680. The van der Waals surface area contributed by atoms with Crippen molar-refractivity contribution in [1.29, 1.82) is 0 Å². The van der Waals surface area contributed by atoms with Gasteiger partial charge < -0.3 is 9.63 Å². The summed E-state index contributed by atoms with van der Waals surface area (Å²) in [6.07, 6.45) is 2.86. The van der Waals surface area contributed by atoms with Crippen LogP contribution >= 0.6 is 0 Å². The Morgan fingerprint density at radius 1 is 1.35 bits per heavy atom. The van der Waals surface area contributed by atoms with Gasteiger partial charge in [-0.05, 0) is 30.9 Å². The van der Waals surface area contributed by atoms with Crippen LogP contribution in [0.5, 0.6) is 0 Å². The molecule has 20 heavy (non-hydrogen) atoms. The molecular formula is C13H10F2N2O3. The molecule has 1 aliphatic carbocycles. The number of aromatic nitrogens is 2. The molecule has 1 aliphatic rings. The largest absolute Gasteiger partial charge is 0.478 e. The zero-order chi connectivity index (χ0) is 14.3. The van der Waals surface area contributed by atoms with Crippen molar-refractivity contribution in [1.82, 2.24) is 10.1 Å². The predicted molar refractivity (Wildman–Crippen MR) is 63.0 cm³/mol. The second kappa shape index (κ2) is 4.66. The van der Waals surface area contributed by atoms with Crippen LogP contribution in [-0.4, -0.2) is 21.2 Å². The molecule has 3 rings (SSSR count). The van der Waals surface area contributed by atoms with Gasteiger partial charge in [-0.3, -0.25) is 0 Å². The van der Waals surface area contributed by atoms with Crippen molar-refractivity contribution in [3.8, 4) is 11.5 Å². The molecular weight excluding hydrogens is 270 g/mol. The number of hydrogen-bond acceptors (Lipinski definition) is 4. The minimum absolute atomic E-state index is 0.114. The van der Waals surface area contributed by atoms with Crippen LogP contribution in [0.15, 0.2) is 16.7 Å². The van der Waals surface area contributed by atoms with Crippen LogP contribution in [0.25, 0.3) is 11.5 Å². The molecule has 0 saturated heterocycles. The Labute approximate surface area is 112 Å². The summed E-state index contributed by atoms with van der Waals surface area (Å²) in [7, 11) is 0. The van der Waals surface area contributed by atoms with E-state index in [1.807, 2.05) is 0 Å². The van der Waals surface area contributed by atoms with Gasteiger partial charge in [-0.15, -0.1) is 0 Å². The maximum atomic E-state index is 13.3. The van der Waals surface area contributed by atoms with Gasteiger partial charge in [0.05, 0.1) is 11.1 Å². The highest BCUT2D eigenvalue weighted by Gasteiger charge is 2.25. The SMILES string of the molecule is O=C(O)c1cc(F)c(F)cc1-c1nc(CC2CC2)no1. The molecule has 0 bridgehead atoms. The van der Waals surface area contributed by atoms with E-state index < -0.39 is 23.2 Å². The summed E-state index contributed by atoms with van der Waals surface area (Å²) in [6.45, 7) is 0. The quantitative estimate of drug-likeness (QED) is 0.931. The number of carboxylic acid groups (broad SMARTS) is 1. The standard InChI is InChI=1S/C13H10F2N2O3/c14-9-4-7(8(13(18)19)5-10(9)15)12-16-11(17-20-12)3-6-1-2-6/h4-6H,1-3H2,(H,18,19). The average Bonchev–Trinajstić information content (AvgIpc) is 3.08. The van der Waals surface area contributed by atoms with Crippen molar-refractivity contribution >= 4 is 5.97 Å². The number of aromatic carboxylic acids is 1. The number of nitrogens with zero attached hydrogens (tertiary/aromatic N) is 2. The molecule has 1 heterocycles. The van der Waals surface area contributed by atoms with Crippen LogP contribution in [0.1, 0.15) is 29.0 Å². The van der Waals surface area contributed by atoms with Crippen molar-refractivity contribution < 1.29 is 23.2 Å². The maximum Gasteiger partial charge on any atom is 0.336 e. The van der Waals surface area contributed by atoms with Gasteiger partial charge in [0.2, 0.25) is 0 Å². The second-order valence-corrected chi connectivity index (χ2v) is 4.78. The van der Waals surface area contributed by atoms with E-state index in [0.717, 1.165) is 18.9 Å². The number of rotatable bonds is 4. The molecule has 5 nitrogen and oxygen atoms in total. The first-order valence-electron chi connectivity index (χ1n) is 6.10. The number of carboxylic acids is 1. The maximum absolute atomic E-state index is 13.3. The summed E-state index contributed by atoms with van der Waals surface area (Å²) in [4.78, 5) is 15.1. The minimum atomic E-state index is -1.39. The molecule has 0 atom stereocenters. The molecule has 1 aromatic carbocycles. The van der Waals surface area contributed by atoms with Gasteiger partial charge in [0.15, 0.2) is 17.5 Å². The first-order chi connectivity index (χ1) is 9.54. The van der Waals surface area contributed by atoms with Gasteiger partial charge in [-0.2, -0.15) is 4.98 Å². The van der Waals surface area contributed by atoms with Gasteiger partial charge in [0.25, 0.3) is 5.89 Å². The van der Waals surface area contributed by atoms with Gasteiger partial charge in [0.1, 0.15) is 0 Å². The highest BCUT2D eigenvalue weighted by atomic mass is 19.2. The summed E-state index contributed by atoms with van der Waals surface area (Å²) in [5.74, 6) is -2.92. The summed E-state index contributed by atoms with van der Waals surface area (Å²) in [5.41, 5.74) is -0.531. The lowest BCUT2D eigenvalue weighted by atomic mass is 10.1. The number of carbonyl (C=O) groups is 1. The molecule has 1 aromatic heterocycles. The van der Waals surface area contributed by atoms with Crippen LogP contribution in [0.4, 0.5) is 8.78 Å². The summed E-state index contributed by atoms with van der Waals surface area (Å²) in [5, 5.41) is 12.8. The molecule has 0 amide bonds. The van der Waals surface area contributed by atoms with E-state index in [4.69, 9.17) is 9.63 Å². The molecule has 0 radical (unpaired) electrons. The number of halogens is 2. The molecule has 7 heteroatoms. The van der Waals surface area contributed by atoms with Gasteiger partial charge in [-0.25, -0.2) is 13.6 Å². The van der Waals surface area contributed by atoms with Crippen molar-refractivity contribution in [2.24, 2.45) is 5.92 Å². The first kappa shape index (κ1) is 12.7. The smallest absolute Gasteiger partial charge is 0.336 e. The summed E-state index contributed by atoms with van der Waals surface area (Å²) in [6, 6.07) is 1.37. The lowest BCUT2D eigenvalue weighted by molar-refractivity contribution is 0.0696. The Hall–Kier alpha value is -2.31. The van der Waals surface area contributed by atoms with Crippen LogP contribution in [0.2, 0.25) is 0 Å². The lowest BCUT2D eigenvalue weighted by Gasteiger charge is -2.02. The van der Waals surface area contributed by atoms with Crippen LogP contribution in [0.3, 0.4) is 0 Å². The third kappa shape index (κ3) is 2.38. The number of benzene rings is 1. The molecule has 1 saturated carbocycles. The topological polar surface area (TPSA) is 76.2 Å². The van der Waals surface area contributed by atoms with Gasteiger partial charge in [0, 0.05) is 6.42 Å². The summed E-state index contributed by atoms with van der Waals surface area (Å²) >= 11 is 0. The first-order valence-corrected chi connectivity index (χ1v) is 6.10. The van der Waals surface area contributed by atoms with Crippen LogP contribution < -0.4 is 0 Å². The highest BCUT2D eigenvalue weighted by molar-refractivity contribution is 5.94. The Morgan fingerprint density at radius 2 is 2.05 bits per heavy atom. The molecule has 1 fully saturated rings. The van der Waals surface area contributed by atoms with Crippen LogP contribution in [0, 0.1) is 17.6 Å². The third-order valence-corrected chi connectivity index (χ3v) is 3.16. The number of hydrogen-bond donors (Lipinski definition) is 1. The van der Waals surface area contributed by atoms with Crippen molar-refractivity contribution in [3.05, 3.63) is 35.2 Å². The van der Waals surface area contributed by atoms with Crippen LogP contribution in [-0.2, 0) is 6.42 Å². The van der Waals surface area contributed by atoms with E-state index in [0.29, 0.717) is 24.2 Å². The molecule has 104 valence electrons. The fourth-order valence-electron chi connectivity index (χ4n) is 1.93. The molecule has 1 N–H and O–H groups in total. The predicted octanol–water partition coefficient (Wildman–Crippen LogP) is 2.67.